The van der Waals surface area contributed by atoms with Crippen LogP contribution in [0.1, 0.15) is 58.4 Å². The highest BCUT2D eigenvalue weighted by Crippen LogP contribution is 2.33. The minimum Gasteiger partial charge on any atom is -0.312 e. The molecule has 0 aliphatic carbocycles. The van der Waals surface area contributed by atoms with E-state index in [0.717, 1.165) is 6.54 Å². The average molecular weight is 309 g/mol. The fourth-order valence-corrected chi connectivity index (χ4v) is 4.67. The highest BCUT2D eigenvalue weighted by Gasteiger charge is 2.41. The van der Waals surface area contributed by atoms with E-state index >= 15 is 0 Å². The molecule has 1 fully saturated rings. The smallest absolute Gasteiger partial charge is 0.0360 e. The molecular formula is C18H32N2S. The number of likely N-dealkylation sites (tertiary alicyclic amines) is 1. The third-order valence-electron chi connectivity index (χ3n) is 5.27. The number of rotatable bonds is 9. The summed E-state index contributed by atoms with van der Waals surface area (Å²) in [6.45, 7) is 10.7. The summed E-state index contributed by atoms with van der Waals surface area (Å²) in [7, 11) is 0. The molecule has 0 saturated carbocycles. The van der Waals surface area contributed by atoms with Gasteiger partial charge in [-0.3, -0.25) is 4.90 Å². The normalized spacial score (nSPS) is 18.2. The first-order valence-corrected chi connectivity index (χ1v) is 9.70. The molecule has 1 atom stereocenters. The van der Waals surface area contributed by atoms with Crippen molar-refractivity contribution >= 4 is 11.3 Å². The zero-order valence-electron chi connectivity index (χ0n) is 14.0. The van der Waals surface area contributed by atoms with Crippen LogP contribution in [0.25, 0.3) is 0 Å². The van der Waals surface area contributed by atoms with Gasteiger partial charge in [0, 0.05) is 11.6 Å². The monoisotopic (exact) mass is 308 g/mol. The molecule has 1 saturated heterocycles. The molecule has 0 aromatic carbocycles. The van der Waals surface area contributed by atoms with Crippen molar-refractivity contribution in [3.05, 3.63) is 22.4 Å². The topological polar surface area (TPSA) is 15.3 Å². The van der Waals surface area contributed by atoms with Crippen LogP contribution >= 0.6 is 11.3 Å². The van der Waals surface area contributed by atoms with E-state index in [1.54, 1.807) is 0 Å². The van der Waals surface area contributed by atoms with E-state index in [9.17, 15) is 0 Å². The molecule has 1 N–H and O–H groups in total. The van der Waals surface area contributed by atoms with E-state index in [4.69, 9.17) is 0 Å². The summed E-state index contributed by atoms with van der Waals surface area (Å²) in [5, 5.41) is 8.42. The lowest BCUT2D eigenvalue weighted by Crippen LogP contribution is -2.61. The zero-order chi connectivity index (χ0) is 15.1. The Bertz CT molecular complexity index is 378. The number of hydrogen-bond donors (Lipinski definition) is 1. The summed E-state index contributed by atoms with van der Waals surface area (Å²) < 4.78 is 0. The summed E-state index contributed by atoms with van der Waals surface area (Å²) in [4.78, 5) is 2.78. The van der Waals surface area contributed by atoms with Gasteiger partial charge in [-0.2, -0.15) is 11.3 Å². The first kappa shape index (κ1) is 17.0. The van der Waals surface area contributed by atoms with Crippen molar-refractivity contribution in [3.63, 3.8) is 0 Å². The lowest BCUT2D eigenvalue weighted by atomic mass is 9.80. The number of hydrogen-bond acceptors (Lipinski definition) is 3. The lowest BCUT2D eigenvalue weighted by molar-refractivity contribution is 0.0621. The molecular weight excluding hydrogens is 276 g/mol. The van der Waals surface area contributed by atoms with Crippen LogP contribution in [-0.4, -0.2) is 36.1 Å². The number of nitrogens with zero attached hydrogens (tertiary/aromatic N) is 1. The van der Waals surface area contributed by atoms with Gasteiger partial charge in [0.15, 0.2) is 0 Å². The second-order valence-electron chi connectivity index (χ2n) is 6.35. The van der Waals surface area contributed by atoms with Crippen LogP contribution in [0.15, 0.2) is 16.8 Å². The van der Waals surface area contributed by atoms with Crippen molar-refractivity contribution in [1.82, 2.24) is 10.2 Å². The van der Waals surface area contributed by atoms with E-state index in [-0.39, 0.29) is 0 Å². The summed E-state index contributed by atoms with van der Waals surface area (Å²) in [6.07, 6.45) is 7.62. The first-order valence-electron chi connectivity index (χ1n) is 8.76. The largest absolute Gasteiger partial charge is 0.312 e. The van der Waals surface area contributed by atoms with Gasteiger partial charge in [0.1, 0.15) is 0 Å². The van der Waals surface area contributed by atoms with Gasteiger partial charge in [-0.05, 0) is 80.5 Å². The summed E-state index contributed by atoms with van der Waals surface area (Å²) in [5.41, 5.74) is 1.83. The van der Waals surface area contributed by atoms with Crippen LogP contribution in [0, 0.1) is 0 Å². The van der Waals surface area contributed by atoms with Gasteiger partial charge >= 0.3 is 0 Å². The van der Waals surface area contributed by atoms with Crippen molar-refractivity contribution in [3.8, 4) is 0 Å². The average Bonchev–Trinajstić information content (AvgIpc) is 3.20. The Balaban J connectivity index is 2.20. The number of nitrogens with one attached hydrogen (secondary N) is 1. The summed E-state index contributed by atoms with van der Waals surface area (Å²) in [6, 6.07) is 2.87. The van der Waals surface area contributed by atoms with Crippen molar-refractivity contribution < 1.29 is 0 Å². The Labute approximate surface area is 134 Å². The van der Waals surface area contributed by atoms with Gasteiger partial charge in [0.05, 0.1) is 0 Å². The minimum absolute atomic E-state index is 0.327. The van der Waals surface area contributed by atoms with Gasteiger partial charge in [-0.25, -0.2) is 0 Å². The quantitative estimate of drug-likeness (QED) is 0.731. The molecule has 0 spiro atoms. The molecule has 120 valence electrons. The standard InChI is InChI=1S/C18H32N2S/c1-4-10-19-17(14-16-9-13-21-15-16)18(5-2,6-3)20-11-7-8-12-20/h9,13,15,17,19H,4-8,10-12,14H2,1-3H3. The van der Waals surface area contributed by atoms with Crippen LogP contribution in [0.5, 0.6) is 0 Å². The molecule has 2 nitrogen and oxygen atoms in total. The highest BCUT2D eigenvalue weighted by molar-refractivity contribution is 7.07. The van der Waals surface area contributed by atoms with Gasteiger partial charge in [0.25, 0.3) is 0 Å². The van der Waals surface area contributed by atoms with Gasteiger partial charge in [-0.1, -0.05) is 20.8 Å². The van der Waals surface area contributed by atoms with Crippen molar-refractivity contribution in [2.45, 2.75) is 70.9 Å². The van der Waals surface area contributed by atoms with Crippen molar-refractivity contribution in [1.29, 1.82) is 0 Å². The third kappa shape index (κ3) is 3.88. The Hall–Kier alpha value is -0.380. The van der Waals surface area contributed by atoms with E-state index in [1.807, 2.05) is 11.3 Å². The first-order chi connectivity index (χ1) is 10.3. The maximum absolute atomic E-state index is 3.89. The Morgan fingerprint density at radius 1 is 1.24 bits per heavy atom. The maximum atomic E-state index is 3.89. The Morgan fingerprint density at radius 3 is 2.48 bits per heavy atom. The molecule has 3 heteroatoms. The lowest BCUT2D eigenvalue weighted by Gasteiger charge is -2.47. The molecule has 21 heavy (non-hydrogen) atoms. The third-order valence-corrected chi connectivity index (χ3v) is 6.00. The fraction of sp³-hybridized carbons (Fsp3) is 0.778. The molecule has 1 aliphatic rings. The fourth-order valence-electron chi connectivity index (χ4n) is 3.99. The molecule has 1 aliphatic heterocycles. The molecule has 2 rings (SSSR count). The van der Waals surface area contributed by atoms with Gasteiger partial charge in [0.2, 0.25) is 0 Å². The van der Waals surface area contributed by atoms with Crippen LogP contribution in [0.3, 0.4) is 0 Å². The Kier molecular flexibility index (Phi) is 6.72. The second-order valence-corrected chi connectivity index (χ2v) is 7.13. The van der Waals surface area contributed by atoms with E-state index < -0.39 is 0 Å². The molecule has 0 radical (unpaired) electrons. The van der Waals surface area contributed by atoms with Gasteiger partial charge < -0.3 is 5.32 Å². The minimum atomic E-state index is 0.327. The van der Waals surface area contributed by atoms with E-state index in [2.05, 4.69) is 47.8 Å². The zero-order valence-corrected chi connectivity index (χ0v) is 14.8. The van der Waals surface area contributed by atoms with Crippen LogP contribution in [0.4, 0.5) is 0 Å². The van der Waals surface area contributed by atoms with Crippen LogP contribution in [-0.2, 0) is 6.42 Å². The summed E-state index contributed by atoms with van der Waals surface area (Å²) >= 11 is 1.82. The SMILES string of the molecule is CCCNC(Cc1ccsc1)C(CC)(CC)N1CCCC1. The molecule has 1 aromatic rings. The van der Waals surface area contributed by atoms with Crippen molar-refractivity contribution in [2.24, 2.45) is 0 Å². The van der Waals surface area contributed by atoms with Crippen LogP contribution in [0.2, 0.25) is 0 Å². The number of thiophene rings is 1. The molecule has 1 aromatic heterocycles. The van der Waals surface area contributed by atoms with Crippen molar-refractivity contribution in [2.75, 3.05) is 19.6 Å². The van der Waals surface area contributed by atoms with E-state index in [1.165, 1.54) is 57.2 Å². The predicted octanol–water partition coefficient (Wildman–Crippen LogP) is 4.31. The Morgan fingerprint density at radius 2 is 1.95 bits per heavy atom. The second kappa shape index (κ2) is 8.30. The molecule has 2 heterocycles. The van der Waals surface area contributed by atoms with Gasteiger partial charge in [-0.15, -0.1) is 0 Å². The maximum Gasteiger partial charge on any atom is 0.0360 e. The van der Waals surface area contributed by atoms with E-state index in [0.29, 0.717) is 11.6 Å². The molecule has 0 bridgehead atoms. The highest BCUT2D eigenvalue weighted by atomic mass is 32.1. The predicted molar refractivity (Wildman–Crippen MR) is 94.2 cm³/mol. The van der Waals surface area contributed by atoms with Crippen LogP contribution < -0.4 is 5.32 Å². The molecule has 0 amide bonds. The summed E-state index contributed by atoms with van der Waals surface area (Å²) in [5.74, 6) is 0. The molecule has 1 unspecified atom stereocenters.